The van der Waals surface area contributed by atoms with Gasteiger partial charge in [0.25, 0.3) is 0 Å². The second-order valence-electron chi connectivity index (χ2n) is 4.90. The van der Waals surface area contributed by atoms with Gasteiger partial charge in [0.1, 0.15) is 0 Å². The minimum atomic E-state index is 0.814. The number of imidazole rings is 1. The Balaban J connectivity index is 1.63. The quantitative estimate of drug-likeness (QED) is 0.566. The minimum Gasteiger partial charge on any atom is -0.399 e. The highest BCUT2D eigenvalue weighted by Gasteiger charge is 2.03. The van der Waals surface area contributed by atoms with Crippen LogP contribution < -0.4 is 5.73 Å². The predicted octanol–water partition coefficient (Wildman–Crippen LogP) is 3.79. The average Bonchev–Trinajstić information content (AvgIpc) is 2.83. The molecule has 3 rings (SSSR count). The van der Waals surface area contributed by atoms with Crippen molar-refractivity contribution in [2.24, 2.45) is 0 Å². The van der Waals surface area contributed by atoms with Gasteiger partial charge in [0, 0.05) is 11.4 Å². The smallest absolute Gasteiger partial charge is 0.166 e. The van der Waals surface area contributed by atoms with Crippen molar-refractivity contribution in [2.45, 2.75) is 18.5 Å². The Morgan fingerprint density at radius 1 is 1.15 bits per heavy atom. The van der Waals surface area contributed by atoms with E-state index in [4.69, 9.17) is 5.73 Å². The van der Waals surface area contributed by atoms with Crippen LogP contribution in [0.5, 0.6) is 0 Å². The molecule has 0 atom stereocenters. The van der Waals surface area contributed by atoms with Gasteiger partial charge in [-0.05, 0) is 48.7 Å². The number of nitrogens with one attached hydrogen (secondary N) is 1. The molecule has 1 aromatic heterocycles. The van der Waals surface area contributed by atoms with Crippen LogP contribution in [-0.2, 0) is 6.42 Å². The molecule has 102 valence electrons. The van der Waals surface area contributed by atoms with Crippen LogP contribution in [0.3, 0.4) is 0 Å². The first-order valence-corrected chi connectivity index (χ1v) is 7.63. The van der Waals surface area contributed by atoms with Crippen molar-refractivity contribution in [1.82, 2.24) is 9.97 Å². The number of aromatic amines is 1. The molecule has 0 saturated carbocycles. The fraction of sp³-hybridized carbons (Fsp3) is 0.188. The van der Waals surface area contributed by atoms with Crippen molar-refractivity contribution in [3.63, 3.8) is 0 Å². The second kappa shape index (κ2) is 5.59. The van der Waals surface area contributed by atoms with Crippen molar-refractivity contribution in [1.29, 1.82) is 0 Å². The fourth-order valence-electron chi connectivity index (χ4n) is 2.12. The van der Waals surface area contributed by atoms with E-state index < -0.39 is 0 Å². The number of nitrogens with two attached hydrogens (primary N) is 1. The summed E-state index contributed by atoms with van der Waals surface area (Å²) in [5, 5.41) is 0.987. The summed E-state index contributed by atoms with van der Waals surface area (Å²) in [6.07, 6.45) is 1.01. The highest BCUT2D eigenvalue weighted by atomic mass is 32.2. The van der Waals surface area contributed by atoms with E-state index in [0.29, 0.717) is 0 Å². The number of H-pyrrole nitrogens is 1. The summed E-state index contributed by atoms with van der Waals surface area (Å²) in [4.78, 5) is 7.95. The molecule has 0 aliphatic carbocycles. The van der Waals surface area contributed by atoms with Crippen LogP contribution >= 0.6 is 11.8 Å². The lowest BCUT2D eigenvalue weighted by Crippen LogP contribution is -1.90. The summed E-state index contributed by atoms with van der Waals surface area (Å²) < 4.78 is 0. The molecular formula is C16H17N3S. The van der Waals surface area contributed by atoms with E-state index in [1.54, 1.807) is 11.8 Å². The standard InChI is InChI=1S/C16H17N3S/c1-11-2-7-14-15(10-11)19-16(18-14)20-9-8-12-3-5-13(17)6-4-12/h2-7,10H,8-9,17H2,1H3,(H,18,19). The van der Waals surface area contributed by atoms with Crippen LogP contribution in [-0.4, -0.2) is 15.7 Å². The summed E-state index contributed by atoms with van der Waals surface area (Å²) in [6, 6.07) is 14.3. The van der Waals surface area contributed by atoms with Crippen LogP contribution in [0, 0.1) is 6.92 Å². The van der Waals surface area contributed by atoms with Gasteiger partial charge in [-0.15, -0.1) is 0 Å². The van der Waals surface area contributed by atoms with E-state index in [-0.39, 0.29) is 0 Å². The summed E-state index contributed by atoms with van der Waals surface area (Å²) in [7, 11) is 0. The Morgan fingerprint density at radius 2 is 1.95 bits per heavy atom. The van der Waals surface area contributed by atoms with Gasteiger partial charge in [0.15, 0.2) is 5.16 Å². The highest BCUT2D eigenvalue weighted by Crippen LogP contribution is 2.21. The zero-order valence-electron chi connectivity index (χ0n) is 11.4. The van der Waals surface area contributed by atoms with Crippen molar-refractivity contribution in [3.8, 4) is 0 Å². The van der Waals surface area contributed by atoms with E-state index in [0.717, 1.165) is 34.1 Å². The number of fused-ring (bicyclic) bond motifs is 1. The zero-order valence-corrected chi connectivity index (χ0v) is 12.2. The third-order valence-corrected chi connectivity index (χ3v) is 4.10. The number of benzene rings is 2. The third-order valence-electron chi connectivity index (χ3n) is 3.22. The molecule has 0 aliphatic rings. The van der Waals surface area contributed by atoms with Gasteiger partial charge < -0.3 is 10.7 Å². The largest absolute Gasteiger partial charge is 0.399 e. The summed E-state index contributed by atoms with van der Waals surface area (Å²) >= 11 is 1.75. The topological polar surface area (TPSA) is 54.7 Å². The van der Waals surface area contributed by atoms with Gasteiger partial charge >= 0.3 is 0 Å². The fourth-order valence-corrected chi connectivity index (χ4v) is 2.99. The molecule has 3 N–H and O–H groups in total. The molecule has 0 unspecified atom stereocenters. The monoisotopic (exact) mass is 283 g/mol. The Morgan fingerprint density at radius 3 is 2.75 bits per heavy atom. The number of thioether (sulfide) groups is 1. The zero-order chi connectivity index (χ0) is 13.9. The van der Waals surface area contributed by atoms with E-state index >= 15 is 0 Å². The van der Waals surface area contributed by atoms with Gasteiger partial charge in [-0.1, -0.05) is 30.0 Å². The molecule has 0 fully saturated rings. The first kappa shape index (κ1) is 13.1. The number of hydrogen-bond acceptors (Lipinski definition) is 3. The summed E-state index contributed by atoms with van der Waals surface area (Å²) in [5.74, 6) is 1.00. The van der Waals surface area contributed by atoms with Crippen molar-refractivity contribution >= 4 is 28.5 Å². The Kier molecular flexibility index (Phi) is 3.65. The maximum atomic E-state index is 5.68. The molecule has 0 aliphatic heterocycles. The Labute approximate surface area is 122 Å². The van der Waals surface area contributed by atoms with Crippen LogP contribution in [0.25, 0.3) is 11.0 Å². The van der Waals surface area contributed by atoms with Crippen LogP contribution in [0.1, 0.15) is 11.1 Å². The second-order valence-corrected chi connectivity index (χ2v) is 5.99. The van der Waals surface area contributed by atoms with E-state index in [1.165, 1.54) is 11.1 Å². The van der Waals surface area contributed by atoms with Gasteiger partial charge in [0.05, 0.1) is 11.0 Å². The molecule has 0 saturated heterocycles. The van der Waals surface area contributed by atoms with Gasteiger partial charge in [-0.25, -0.2) is 4.98 Å². The Hall–Kier alpha value is -1.94. The number of hydrogen-bond donors (Lipinski definition) is 2. The van der Waals surface area contributed by atoms with Crippen LogP contribution in [0.15, 0.2) is 47.6 Å². The molecule has 4 heteroatoms. The number of anilines is 1. The summed E-state index contributed by atoms with van der Waals surface area (Å²) in [6.45, 7) is 2.09. The molecule has 0 spiro atoms. The lowest BCUT2D eigenvalue weighted by molar-refractivity contribution is 1.07. The third kappa shape index (κ3) is 2.96. The van der Waals surface area contributed by atoms with Crippen molar-refractivity contribution < 1.29 is 0 Å². The molecule has 2 aromatic carbocycles. The average molecular weight is 283 g/mol. The molecule has 3 nitrogen and oxygen atoms in total. The molecule has 0 amide bonds. The molecule has 1 heterocycles. The number of rotatable bonds is 4. The minimum absolute atomic E-state index is 0.814. The first-order valence-electron chi connectivity index (χ1n) is 6.64. The Bertz CT molecular complexity index is 716. The molecule has 0 radical (unpaired) electrons. The van der Waals surface area contributed by atoms with Crippen molar-refractivity contribution in [3.05, 3.63) is 53.6 Å². The highest BCUT2D eigenvalue weighted by molar-refractivity contribution is 7.99. The SMILES string of the molecule is Cc1ccc2nc(SCCc3ccc(N)cc3)[nH]c2c1. The summed E-state index contributed by atoms with van der Waals surface area (Å²) in [5.41, 5.74) is 11.2. The molecule has 20 heavy (non-hydrogen) atoms. The molecular weight excluding hydrogens is 266 g/mol. The molecule has 3 aromatic rings. The number of aromatic nitrogens is 2. The molecule has 0 bridgehead atoms. The number of nitrogens with zero attached hydrogens (tertiary/aromatic N) is 1. The first-order chi connectivity index (χ1) is 9.70. The number of nitrogen functional groups attached to an aromatic ring is 1. The lowest BCUT2D eigenvalue weighted by Gasteiger charge is -2.00. The van der Waals surface area contributed by atoms with Gasteiger partial charge in [0.2, 0.25) is 0 Å². The lowest BCUT2D eigenvalue weighted by atomic mass is 10.2. The van der Waals surface area contributed by atoms with Crippen LogP contribution in [0.2, 0.25) is 0 Å². The normalized spacial score (nSPS) is 11.1. The van der Waals surface area contributed by atoms with Crippen LogP contribution in [0.4, 0.5) is 5.69 Å². The van der Waals surface area contributed by atoms with Gasteiger partial charge in [-0.3, -0.25) is 0 Å². The van der Waals surface area contributed by atoms with Gasteiger partial charge in [-0.2, -0.15) is 0 Å². The maximum Gasteiger partial charge on any atom is 0.166 e. The van der Waals surface area contributed by atoms with E-state index in [2.05, 4.69) is 47.2 Å². The van der Waals surface area contributed by atoms with Crippen molar-refractivity contribution in [2.75, 3.05) is 11.5 Å². The predicted molar refractivity (Wildman–Crippen MR) is 86.1 cm³/mol. The maximum absolute atomic E-state index is 5.68. The number of aryl methyl sites for hydroxylation is 2. The van der Waals surface area contributed by atoms with E-state index in [1.807, 2.05) is 12.1 Å². The van der Waals surface area contributed by atoms with E-state index in [9.17, 15) is 0 Å².